The maximum atomic E-state index is 10.9. The van der Waals surface area contributed by atoms with Crippen molar-refractivity contribution >= 4 is 10.4 Å². The molecule has 0 spiro atoms. The maximum Gasteiger partial charge on any atom is 0.218 e. The summed E-state index contributed by atoms with van der Waals surface area (Å²) in [4.78, 5) is 0. The van der Waals surface area contributed by atoms with E-state index >= 15 is 0 Å². The molecule has 6 N–H and O–H groups in total. The molecule has 0 aliphatic heterocycles. The van der Waals surface area contributed by atoms with Crippen LogP contribution in [0.2, 0.25) is 0 Å². The lowest BCUT2D eigenvalue weighted by Crippen LogP contribution is -2.35. The molecule has 0 bridgehead atoms. The first-order valence-corrected chi connectivity index (χ1v) is 14.0. The molecule has 7 nitrogen and oxygen atoms in total. The summed E-state index contributed by atoms with van der Waals surface area (Å²) in [6, 6.07) is 0. The van der Waals surface area contributed by atoms with Crippen LogP contribution in [0.15, 0.2) is 0 Å². The molecule has 8 heteroatoms. The molecule has 0 saturated heterocycles. The molecule has 0 aromatic carbocycles. The highest BCUT2D eigenvalue weighted by Gasteiger charge is 2.30. The Morgan fingerprint density at radius 3 is 1.31 bits per heavy atom. The number of hydrogen-bond donors (Lipinski definition) is 3. The Hall–Kier alpha value is -0.250. The molecule has 0 rings (SSSR count). The minimum absolute atomic E-state index is 0. The van der Waals surface area contributed by atoms with Gasteiger partial charge in [-0.2, -0.15) is 0 Å². The van der Waals surface area contributed by atoms with E-state index in [1.54, 1.807) is 0 Å². The Bertz CT molecular complexity index is 501. The van der Waals surface area contributed by atoms with Gasteiger partial charge >= 0.3 is 0 Å². The van der Waals surface area contributed by atoms with Crippen LogP contribution in [-0.4, -0.2) is 35.1 Å². The third-order valence-corrected chi connectivity index (χ3v) is 6.58. The smallest absolute Gasteiger partial charge is 0.218 e. The summed E-state index contributed by atoms with van der Waals surface area (Å²) in [7, 11) is -4.87. The Labute approximate surface area is 198 Å². The summed E-state index contributed by atoms with van der Waals surface area (Å²) >= 11 is 0. The van der Waals surface area contributed by atoms with Crippen molar-refractivity contribution in [2.24, 2.45) is 0 Å². The van der Waals surface area contributed by atoms with Crippen LogP contribution >= 0.6 is 0 Å². The molecule has 0 heterocycles. The van der Waals surface area contributed by atoms with E-state index < -0.39 is 22.3 Å². The number of unbranched alkanes of at least 4 members (excludes halogenated alkanes) is 17. The van der Waals surface area contributed by atoms with Crippen molar-refractivity contribution in [2.45, 2.75) is 154 Å². The summed E-state index contributed by atoms with van der Waals surface area (Å²) in [5.74, 6) is 0. The van der Waals surface area contributed by atoms with E-state index in [0.717, 1.165) is 19.3 Å². The predicted molar refractivity (Wildman–Crippen MR) is 131 cm³/mol. The molecule has 1 atom stereocenters. The van der Waals surface area contributed by atoms with E-state index in [1.165, 1.54) is 96.8 Å². The van der Waals surface area contributed by atoms with Gasteiger partial charge in [-0.25, -0.2) is 8.42 Å². The molecule has 0 aliphatic rings. The average Bonchev–Trinajstić information content (AvgIpc) is 2.65. The van der Waals surface area contributed by atoms with Crippen LogP contribution in [0.4, 0.5) is 0 Å². The molecule has 196 valence electrons. The fourth-order valence-electron chi connectivity index (χ4n) is 4.21. The summed E-state index contributed by atoms with van der Waals surface area (Å²) in [6.45, 7) is 3.70. The summed E-state index contributed by atoms with van der Waals surface area (Å²) < 4.78 is 37.2. The molecule has 0 amide bonds. The number of aliphatic hydroxyl groups is 2. The monoisotopic (exact) mass is 483 g/mol. The minimum Gasteiger partial charge on any atom is -0.726 e. The van der Waals surface area contributed by atoms with E-state index in [9.17, 15) is 13.0 Å². The van der Waals surface area contributed by atoms with Gasteiger partial charge in [0.25, 0.3) is 0 Å². The number of hydrogen-bond acceptors (Lipinski definition) is 6. The van der Waals surface area contributed by atoms with Gasteiger partial charge in [0.05, 0.1) is 5.60 Å². The fraction of sp³-hybridized carbons (Fsp3) is 1.00. The highest BCUT2D eigenvalue weighted by Crippen LogP contribution is 2.27. The van der Waals surface area contributed by atoms with Crippen LogP contribution in [0.25, 0.3) is 0 Å². The lowest BCUT2D eigenvalue weighted by Gasteiger charge is -2.31. The van der Waals surface area contributed by atoms with Gasteiger partial charge in [-0.1, -0.05) is 122 Å². The highest BCUT2D eigenvalue weighted by molar-refractivity contribution is 7.80. The van der Waals surface area contributed by atoms with Gasteiger partial charge in [0.1, 0.15) is 0 Å². The molecule has 0 aromatic heterocycles. The lowest BCUT2D eigenvalue weighted by molar-refractivity contribution is -0.0919. The largest absolute Gasteiger partial charge is 0.726 e. The molecule has 0 saturated carbocycles. The highest BCUT2D eigenvalue weighted by atomic mass is 32.3. The van der Waals surface area contributed by atoms with Crippen LogP contribution in [-0.2, 0) is 14.6 Å². The second-order valence-corrected chi connectivity index (χ2v) is 10.4. The average molecular weight is 484 g/mol. The van der Waals surface area contributed by atoms with E-state index in [1.807, 2.05) is 0 Å². The molecule has 1 unspecified atom stereocenters. The second kappa shape index (κ2) is 21.3. The molecule has 0 radical (unpaired) electrons. The predicted octanol–water partition coefficient (Wildman–Crippen LogP) is 6.73. The molecule has 0 fully saturated rings. The molecular weight excluding hydrogens is 430 g/mol. The van der Waals surface area contributed by atoms with Crippen molar-refractivity contribution in [3.05, 3.63) is 0 Å². The first-order chi connectivity index (χ1) is 14.7. The quantitative estimate of drug-likeness (QED) is 0.0636. The Kier molecular flexibility index (Phi) is 22.6. The van der Waals surface area contributed by atoms with Crippen LogP contribution in [0.3, 0.4) is 0 Å². The normalized spacial score (nSPS) is 13.8. The number of aliphatic hydroxyl groups excluding tert-OH is 1. The Morgan fingerprint density at radius 1 is 0.719 bits per heavy atom. The third-order valence-electron chi connectivity index (χ3n) is 5.98. The fourth-order valence-corrected chi connectivity index (χ4v) is 4.86. The summed E-state index contributed by atoms with van der Waals surface area (Å²) in [6.07, 6.45) is 21.1. The van der Waals surface area contributed by atoms with Crippen LogP contribution in [0, 0.1) is 0 Å². The minimum atomic E-state index is -4.87. The van der Waals surface area contributed by atoms with E-state index in [-0.39, 0.29) is 12.6 Å². The van der Waals surface area contributed by atoms with Gasteiger partial charge in [-0.05, 0) is 13.3 Å². The van der Waals surface area contributed by atoms with Crippen molar-refractivity contribution in [3.8, 4) is 0 Å². The number of quaternary nitrogens is 1. The van der Waals surface area contributed by atoms with E-state index in [2.05, 4.69) is 11.1 Å². The Morgan fingerprint density at radius 2 is 1.03 bits per heavy atom. The second-order valence-electron chi connectivity index (χ2n) is 9.39. The SMILES string of the molecule is CCCCCCCCCCCCCCCCCCCCC(C)(CC(O)O)OS(=O)(=O)[O-].[NH4+]. The van der Waals surface area contributed by atoms with Crippen LogP contribution < -0.4 is 6.15 Å². The standard InChI is InChI=1S/C24H50O6S.H3N/c1-3-4-5-6-7-8-9-10-11-12-13-14-15-16-17-18-19-20-21-24(2,22-23(25)26)30-31(27,28)29;/h23,25-26H,3-22H2,1-2H3,(H,27,28,29);1H3. The topological polar surface area (TPSA) is 143 Å². The first kappa shape index (κ1) is 33.9. The van der Waals surface area contributed by atoms with Crippen LogP contribution in [0.1, 0.15) is 142 Å². The van der Waals surface area contributed by atoms with Gasteiger partial charge in [0.15, 0.2) is 6.29 Å². The summed E-state index contributed by atoms with van der Waals surface area (Å²) in [5.41, 5.74) is -1.36. The van der Waals surface area contributed by atoms with Crippen molar-refractivity contribution in [1.82, 2.24) is 6.15 Å². The number of rotatable bonds is 23. The van der Waals surface area contributed by atoms with Crippen molar-refractivity contribution in [3.63, 3.8) is 0 Å². The van der Waals surface area contributed by atoms with E-state index in [0.29, 0.717) is 12.8 Å². The maximum absolute atomic E-state index is 10.9. The summed E-state index contributed by atoms with van der Waals surface area (Å²) in [5, 5.41) is 18.2. The Balaban J connectivity index is 0. The van der Waals surface area contributed by atoms with Gasteiger partial charge < -0.3 is 20.9 Å². The van der Waals surface area contributed by atoms with Crippen LogP contribution in [0.5, 0.6) is 0 Å². The van der Waals surface area contributed by atoms with Gasteiger partial charge in [0, 0.05) is 6.42 Å². The van der Waals surface area contributed by atoms with E-state index in [4.69, 9.17) is 10.2 Å². The van der Waals surface area contributed by atoms with Gasteiger partial charge in [0.2, 0.25) is 10.4 Å². The zero-order valence-corrected chi connectivity index (χ0v) is 22.0. The zero-order chi connectivity index (χ0) is 23.4. The van der Waals surface area contributed by atoms with Gasteiger partial charge in [-0.3, -0.25) is 4.18 Å². The molecule has 0 aliphatic carbocycles. The third kappa shape index (κ3) is 24.4. The molecule has 0 aromatic rings. The molecule has 32 heavy (non-hydrogen) atoms. The lowest BCUT2D eigenvalue weighted by atomic mass is 9.94. The van der Waals surface area contributed by atoms with Crippen molar-refractivity contribution in [1.29, 1.82) is 0 Å². The van der Waals surface area contributed by atoms with Crippen molar-refractivity contribution < 1.29 is 27.4 Å². The zero-order valence-electron chi connectivity index (χ0n) is 21.2. The van der Waals surface area contributed by atoms with Gasteiger partial charge in [-0.15, -0.1) is 0 Å². The van der Waals surface area contributed by atoms with Crippen molar-refractivity contribution in [2.75, 3.05) is 0 Å². The molecular formula is C24H53NO6S. The first-order valence-electron chi connectivity index (χ1n) is 12.7.